The van der Waals surface area contributed by atoms with Gasteiger partial charge in [-0.3, -0.25) is 4.79 Å². The third-order valence-corrected chi connectivity index (χ3v) is 7.06. The van der Waals surface area contributed by atoms with Gasteiger partial charge in [-0.2, -0.15) is 0 Å². The highest BCUT2D eigenvalue weighted by Gasteiger charge is 2.67. The van der Waals surface area contributed by atoms with Gasteiger partial charge in [0, 0.05) is 35.7 Å². The number of likely N-dealkylation sites (N-methyl/N-ethyl adjacent to an activating group) is 1. The zero-order valence-electron chi connectivity index (χ0n) is 13.8. The van der Waals surface area contributed by atoms with E-state index in [1.807, 2.05) is 0 Å². The monoisotopic (exact) mass is 307 g/mol. The highest BCUT2D eigenvalue weighted by Crippen LogP contribution is 2.62. The highest BCUT2D eigenvalue weighted by atomic mass is 16.1. The van der Waals surface area contributed by atoms with Gasteiger partial charge in [-0.25, -0.2) is 0 Å². The highest BCUT2D eigenvalue weighted by molar-refractivity contribution is 5.84. The molecule has 2 fully saturated rings. The van der Waals surface area contributed by atoms with E-state index in [4.69, 9.17) is 0 Å². The van der Waals surface area contributed by atoms with Gasteiger partial charge in [0.15, 0.2) is 0 Å². The Balaban J connectivity index is 1.85. The second-order valence-corrected chi connectivity index (χ2v) is 7.87. The normalized spacial score (nSPS) is 41.6. The number of hydrogen-bond acceptors (Lipinski definition) is 2. The molecule has 0 amide bonds. The number of fused-ring (bicyclic) bond motifs is 2. The van der Waals surface area contributed by atoms with E-state index in [1.165, 1.54) is 29.1 Å². The Morgan fingerprint density at radius 3 is 2.96 bits per heavy atom. The first kappa shape index (κ1) is 13.6. The van der Waals surface area contributed by atoms with Gasteiger partial charge < -0.3 is 9.80 Å². The molecule has 3 heterocycles. The minimum atomic E-state index is 0.0390. The molecule has 0 aromatic heterocycles. The summed E-state index contributed by atoms with van der Waals surface area (Å²) in [6.45, 7) is 4.42. The minimum Gasteiger partial charge on any atom is -0.357 e. The van der Waals surface area contributed by atoms with Crippen molar-refractivity contribution in [1.82, 2.24) is 0 Å². The molecule has 3 nitrogen and oxygen atoms in total. The Bertz CT molecular complexity index is 793. The summed E-state index contributed by atoms with van der Waals surface area (Å²) in [5.74, 6) is 0.316. The number of carbonyl (C=O) groups excluding carboxylic acids is 1. The van der Waals surface area contributed by atoms with Crippen LogP contribution in [-0.4, -0.2) is 36.9 Å². The summed E-state index contributed by atoms with van der Waals surface area (Å²) < 4.78 is 1.13. The number of aldehydes is 1. The van der Waals surface area contributed by atoms with Gasteiger partial charge in [0.1, 0.15) is 18.9 Å². The number of carbonyl (C=O) groups is 1. The molecule has 1 aromatic rings. The molecule has 0 saturated carbocycles. The smallest absolute Gasteiger partial charge is 0.148 e. The van der Waals surface area contributed by atoms with E-state index in [2.05, 4.69) is 49.6 Å². The quantitative estimate of drug-likeness (QED) is 0.491. The molecule has 4 atom stereocenters. The fraction of sp³-hybridized carbons (Fsp3) is 0.450. The maximum Gasteiger partial charge on any atom is 0.148 e. The van der Waals surface area contributed by atoms with Crippen LogP contribution in [0.15, 0.2) is 47.2 Å². The van der Waals surface area contributed by atoms with Crippen molar-refractivity contribution < 1.29 is 9.28 Å². The van der Waals surface area contributed by atoms with Crippen LogP contribution in [0, 0.1) is 5.92 Å². The summed E-state index contributed by atoms with van der Waals surface area (Å²) in [5.41, 5.74) is 6.35. The maximum atomic E-state index is 12.0. The summed E-state index contributed by atoms with van der Waals surface area (Å²) in [6, 6.07) is 9.27. The summed E-state index contributed by atoms with van der Waals surface area (Å²) in [6.07, 6.45) is 5.65. The minimum absolute atomic E-state index is 0.0390. The van der Waals surface area contributed by atoms with Crippen molar-refractivity contribution in [1.29, 1.82) is 0 Å². The Morgan fingerprint density at radius 2 is 2.17 bits per heavy atom. The number of anilines is 1. The Labute approximate surface area is 137 Å². The fourth-order valence-corrected chi connectivity index (χ4v) is 6.07. The molecule has 1 spiro atoms. The molecule has 118 valence electrons. The van der Waals surface area contributed by atoms with Crippen LogP contribution in [-0.2, 0) is 10.2 Å². The number of para-hydroxylation sites is 1. The lowest BCUT2D eigenvalue weighted by atomic mass is 9.61. The van der Waals surface area contributed by atoms with Crippen molar-refractivity contribution in [2.24, 2.45) is 5.92 Å². The number of allylic oxidation sites excluding steroid dienone is 2. The SMILES string of the molecule is C/C=C1/C[N+]2(C)CC[C@]34C(=C(C=O)[C@H]1C[C@@H]32)Nc1ccccc14. The van der Waals surface area contributed by atoms with Gasteiger partial charge in [-0.1, -0.05) is 24.3 Å². The van der Waals surface area contributed by atoms with Crippen LogP contribution in [0.5, 0.6) is 0 Å². The first-order valence-corrected chi connectivity index (χ1v) is 8.70. The van der Waals surface area contributed by atoms with E-state index < -0.39 is 0 Å². The average Bonchev–Trinajstić information content (AvgIpc) is 3.08. The summed E-state index contributed by atoms with van der Waals surface area (Å²) in [5, 5.41) is 3.66. The predicted octanol–water partition coefficient (Wildman–Crippen LogP) is 3.00. The van der Waals surface area contributed by atoms with Crippen molar-refractivity contribution in [3.63, 3.8) is 0 Å². The summed E-state index contributed by atoms with van der Waals surface area (Å²) >= 11 is 0. The number of rotatable bonds is 1. The average molecular weight is 307 g/mol. The third kappa shape index (κ3) is 1.38. The molecule has 1 unspecified atom stereocenters. The molecule has 2 saturated heterocycles. The number of nitrogens with one attached hydrogen (secondary N) is 1. The lowest BCUT2D eigenvalue weighted by Crippen LogP contribution is -2.61. The lowest BCUT2D eigenvalue weighted by Gasteiger charge is -2.51. The van der Waals surface area contributed by atoms with Crippen molar-refractivity contribution in [2.45, 2.75) is 31.2 Å². The topological polar surface area (TPSA) is 29.1 Å². The van der Waals surface area contributed by atoms with Crippen molar-refractivity contribution in [3.8, 4) is 0 Å². The first-order valence-electron chi connectivity index (χ1n) is 8.70. The van der Waals surface area contributed by atoms with E-state index in [0.29, 0.717) is 12.0 Å². The van der Waals surface area contributed by atoms with Crippen LogP contribution in [0.3, 0.4) is 0 Å². The molecule has 0 radical (unpaired) electrons. The number of hydrogen-bond donors (Lipinski definition) is 1. The molecule has 1 aliphatic carbocycles. The third-order valence-electron chi connectivity index (χ3n) is 7.06. The van der Waals surface area contributed by atoms with Crippen LogP contribution < -0.4 is 5.32 Å². The fourth-order valence-electron chi connectivity index (χ4n) is 6.07. The van der Waals surface area contributed by atoms with Crippen LogP contribution in [0.2, 0.25) is 0 Å². The second kappa shape index (κ2) is 4.15. The molecular formula is C20H23N2O+. The standard InChI is InChI=1S/C20H22N2O/c1-3-13-11-22(2)9-8-20-16-6-4-5-7-17(16)21-19(20)15(12-23)14(13)10-18(20)22/h3-7,12,14,18H,8-11H2,1-2H3/p+1/b13-3-/t14-,18-,20+,22?/m0/s1. The van der Waals surface area contributed by atoms with Gasteiger partial charge in [0.05, 0.1) is 19.0 Å². The second-order valence-electron chi connectivity index (χ2n) is 7.87. The first-order chi connectivity index (χ1) is 11.1. The van der Waals surface area contributed by atoms with Crippen LogP contribution >= 0.6 is 0 Å². The van der Waals surface area contributed by atoms with Gasteiger partial charge in [-0.15, -0.1) is 0 Å². The van der Waals surface area contributed by atoms with E-state index in [9.17, 15) is 4.79 Å². The zero-order valence-corrected chi connectivity index (χ0v) is 13.8. The lowest BCUT2D eigenvalue weighted by molar-refractivity contribution is -0.923. The molecule has 2 bridgehead atoms. The molecule has 4 aliphatic rings. The Morgan fingerprint density at radius 1 is 1.35 bits per heavy atom. The number of nitrogens with zero attached hydrogens (tertiary/aromatic N) is 1. The molecular weight excluding hydrogens is 284 g/mol. The van der Waals surface area contributed by atoms with E-state index >= 15 is 0 Å². The van der Waals surface area contributed by atoms with Crippen LogP contribution in [0.4, 0.5) is 5.69 Å². The number of quaternary nitrogens is 1. The molecule has 3 heteroatoms. The number of benzene rings is 1. The van der Waals surface area contributed by atoms with Crippen LogP contribution in [0.1, 0.15) is 25.3 Å². The van der Waals surface area contributed by atoms with E-state index in [-0.39, 0.29) is 5.41 Å². The Kier molecular flexibility index (Phi) is 2.45. The molecule has 1 aromatic carbocycles. The van der Waals surface area contributed by atoms with Crippen molar-refractivity contribution in [3.05, 3.63) is 52.7 Å². The van der Waals surface area contributed by atoms with Gasteiger partial charge in [0.2, 0.25) is 0 Å². The molecule has 23 heavy (non-hydrogen) atoms. The van der Waals surface area contributed by atoms with Gasteiger partial charge in [0.25, 0.3) is 0 Å². The van der Waals surface area contributed by atoms with Gasteiger partial charge >= 0.3 is 0 Å². The van der Waals surface area contributed by atoms with Crippen molar-refractivity contribution in [2.75, 3.05) is 25.5 Å². The summed E-state index contributed by atoms with van der Waals surface area (Å²) in [7, 11) is 2.42. The summed E-state index contributed by atoms with van der Waals surface area (Å²) in [4.78, 5) is 12.0. The molecule has 1 N–H and O–H groups in total. The van der Waals surface area contributed by atoms with Crippen LogP contribution in [0.25, 0.3) is 0 Å². The van der Waals surface area contributed by atoms with Crippen molar-refractivity contribution >= 4 is 12.0 Å². The zero-order chi connectivity index (χ0) is 15.8. The molecule has 5 rings (SSSR count). The largest absolute Gasteiger partial charge is 0.357 e. The van der Waals surface area contributed by atoms with E-state index in [0.717, 1.165) is 35.7 Å². The van der Waals surface area contributed by atoms with E-state index in [1.54, 1.807) is 0 Å². The maximum absolute atomic E-state index is 12.0. The Hall–Kier alpha value is -1.87. The van der Waals surface area contributed by atoms with Gasteiger partial charge in [-0.05, 0) is 24.1 Å². The molecule has 3 aliphatic heterocycles. The predicted molar refractivity (Wildman–Crippen MR) is 91.0 cm³/mol. The number of piperidine rings is 1.